The van der Waals surface area contributed by atoms with E-state index in [0.29, 0.717) is 12.5 Å². The highest BCUT2D eigenvalue weighted by atomic mass is 35.5. The van der Waals surface area contributed by atoms with Gasteiger partial charge in [0, 0.05) is 12.0 Å². The Morgan fingerprint density at radius 3 is 2.94 bits per heavy atom. The maximum Gasteiger partial charge on any atom is 0.103 e. The second-order valence-corrected chi connectivity index (χ2v) is 4.81. The molecule has 0 aliphatic rings. The first-order valence-electron chi connectivity index (χ1n) is 5.43. The van der Waals surface area contributed by atoms with E-state index in [9.17, 15) is 0 Å². The largest absolute Gasteiger partial charge is 0.378 e. The minimum atomic E-state index is 0.334. The van der Waals surface area contributed by atoms with E-state index in [1.807, 2.05) is 18.4 Å². The maximum atomic E-state index is 5.85. The number of nitrogens with zero attached hydrogens (tertiary/aromatic N) is 3. The zero-order chi connectivity index (χ0) is 13.0. The molecule has 0 spiro atoms. The summed E-state index contributed by atoms with van der Waals surface area (Å²) in [6.07, 6.45) is 2.04. The number of methoxy groups -OCH3 is 1. The molecule has 0 radical (unpaired) electrons. The molecule has 0 fully saturated rings. The smallest absolute Gasteiger partial charge is 0.103 e. The van der Waals surface area contributed by atoms with Gasteiger partial charge in [-0.05, 0) is 24.5 Å². The van der Waals surface area contributed by atoms with Crippen LogP contribution in [-0.4, -0.2) is 28.4 Å². The molecule has 0 unspecified atom stereocenters. The van der Waals surface area contributed by atoms with E-state index in [1.165, 1.54) is 4.90 Å². The zero-order valence-corrected chi connectivity index (χ0v) is 11.8. The number of halogens is 1. The third kappa shape index (κ3) is 2.68. The van der Waals surface area contributed by atoms with Crippen LogP contribution >= 0.6 is 23.4 Å². The van der Waals surface area contributed by atoms with Crippen molar-refractivity contribution in [3.05, 3.63) is 35.7 Å². The van der Waals surface area contributed by atoms with Crippen molar-refractivity contribution in [1.29, 1.82) is 0 Å². The molecule has 0 amide bonds. The molecule has 0 atom stereocenters. The average molecular weight is 284 g/mol. The lowest BCUT2D eigenvalue weighted by atomic mass is 10.3. The topological polar surface area (TPSA) is 39.9 Å². The van der Waals surface area contributed by atoms with Gasteiger partial charge in [-0.2, -0.15) is 0 Å². The Hall–Kier alpha value is -1.04. The summed E-state index contributed by atoms with van der Waals surface area (Å²) in [6, 6.07) is 8.12. The molecule has 2 aromatic rings. The molecular weight excluding hydrogens is 270 g/mol. The molecule has 6 heteroatoms. The Kier molecular flexibility index (Phi) is 4.63. The van der Waals surface area contributed by atoms with Crippen molar-refractivity contribution in [2.45, 2.75) is 17.4 Å². The second-order valence-electron chi connectivity index (χ2n) is 3.66. The Morgan fingerprint density at radius 1 is 1.44 bits per heavy atom. The molecule has 18 heavy (non-hydrogen) atoms. The number of aromatic nitrogens is 3. The van der Waals surface area contributed by atoms with Crippen LogP contribution in [0, 0.1) is 0 Å². The molecule has 0 aliphatic carbocycles. The van der Waals surface area contributed by atoms with Crippen LogP contribution in [0.25, 0.3) is 5.69 Å². The van der Waals surface area contributed by atoms with Gasteiger partial charge in [0.1, 0.15) is 5.69 Å². The van der Waals surface area contributed by atoms with Gasteiger partial charge in [-0.25, -0.2) is 4.68 Å². The first-order chi connectivity index (χ1) is 8.80. The van der Waals surface area contributed by atoms with Crippen LogP contribution in [-0.2, 0) is 17.2 Å². The number of hydrogen-bond donors (Lipinski definition) is 0. The summed E-state index contributed by atoms with van der Waals surface area (Å²) < 4.78 is 6.96. The van der Waals surface area contributed by atoms with Gasteiger partial charge in [0.15, 0.2) is 0 Å². The number of rotatable bonds is 5. The number of benzene rings is 1. The molecule has 0 saturated heterocycles. The normalized spacial score (nSPS) is 10.8. The van der Waals surface area contributed by atoms with E-state index in [4.69, 9.17) is 16.3 Å². The molecule has 1 aromatic carbocycles. The highest BCUT2D eigenvalue weighted by molar-refractivity contribution is 7.98. The van der Waals surface area contributed by atoms with E-state index in [1.54, 1.807) is 23.6 Å². The van der Waals surface area contributed by atoms with Gasteiger partial charge in [0.2, 0.25) is 0 Å². The molecule has 0 aliphatic heterocycles. The van der Waals surface area contributed by atoms with Crippen molar-refractivity contribution in [3.63, 3.8) is 0 Å². The molecule has 0 bridgehead atoms. The number of alkyl halides is 1. The number of hydrogen-bond acceptors (Lipinski definition) is 4. The van der Waals surface area contributed by atoms with Crippen LogP contribution in [0.2, 0.25) is 0 Å². The predicted molar refractivity (Wildman–Crippen MR) is 73.4 cm³/mol. The average Bonchev–Trinajstić information content (AvgIpc) is 2.82. The van der Waals surface area contributed by atoms with Crippen LogP contribution in [0.15, 0.2) is 29.2 Å². The minimum absolute atomic E-state index is 0.334. The summed E-state index contributed by atoms with van der Waals surface area (Å²) in [5.74, 6) is 0.334. The highest BCUT2D eigenvalue weighted by Gasteiger charge is 2.13. The van der Waals surface area contributed by atoms with Gasteiger partial charge in [0.05, 0.1) is 23.9 Å². The van der Waals surface area contributed by atoms with E-state index >= 15 is 0 Å². The Bertz CT molecular complexity index is 530. The van der Waals surface area contributed by atoms with Crippen molar-refractivity contribution in [1.82, 2.24) is 15.0 Å². The Labute approximate surface area is 115 Å². The molecule has 1 aromatic heterocycles. The summed E-state index contributed by atoms with van der Waals surface area (Å²) in [7, 11) is 1.65. The van der Waals surface area contributed by atoms with Gasteiger partial charge in [0.25, 0.3) is 0 Å². The lowest BCUT2D eigenvalue weighted by molar-refractivity contribution is 0.178. The lowest BCUT2D eigenvalue weighted by Gasteiger charge is -2.07. The van der Waals surface area contributed by atoms with Gasteiger partial charge in [-0.3, -0.25) is 0 Å². The first kappa shape index (κ1) is 13.4. The third-order valence-electron chi connectivity index (χ3n) is 2.55. The van der Waals surface area contributed by atoms with Crippen molar-refractivity contribution >= 4 is 23.4 Å². The summed E-state index contributed by atoms with van der Waals surface area (Å²) in [5.41, 5.74) is 2.62. The number of thioether (sulfide) groups is 1. The van der Waals surface area contributed by atoms with Crippen molar-refractivity contribution < 1.29 is 4.74 Å². The van der Waals surface area contributed by atoms with Crippen LogP contribution in [0.3, 0.4) is 0 Å². The summed E-state index contributed by atoms with van der Waals surface area (Å²) in [5, 5.41) is 8.22. The predicted octanol–water partition coefficient (Wildman–Crippen LogP) is 2.87. The van der Waals surface area contributed by atoms with Gasteiger partial charge < -0.3 is 4.74 Å². The van der Waals surface area contributed by atoms with Crippen LogP contribution < -0.4 is 0 Å². The van der Waals surface area contributed by atoms with Crippen molar-refractivity contribution in [2.24, 2.45) is 0 Å². The quantitative estimate of drug-likeness (QED) is 0.625. The first-order valence-corrected chi connectivity index (χ1v) is 7.19. The fraction of sp³-hybridized carbons (Fsp3) is 0.333. The van der Waals surface area contributed by atoms with Crippen LogP contribution in [0.1, 0.15) is 11.4 Å². The van der Waals surface area contributed by atoms with Gasteiger partial charge in [-0.15, -0.1) is 28.5 Å². The Morgan fingerprint density at radius 2 is 2.28 bits per heavy atom. The van der Waals surface area contributed by atoms with E-state index in [-0.39, 0.29) is 0 Å². The summed E-state index contributed by atoms with van der Waals surface area (Å²) in [4.78, 5) is 1.18. The standard InChI is InChI=1S/C12H14ClN3OS/c1-17-8-12-11(7-13)14-15-16(12)9-4-3-5-10(6-9)18-2/h3-6H,7-8H2,1-2H3. The van der Waals surface area contributed by atoms with Crippen molar-refractivity contribution in [2.75, 3.05) is 13.4 Å². The van der Waals surface area contributed by atoms with E-state index in [0.717, 1.165) is 17.1 Å². The molecule has 2 rings (SSSR count). The number of ether oxygens (including phenoxy) is 1. The molecule has 0 N–H and O–H groups in total. The maximum absolute atomic E-state index is 5.85. The molecular formula is C12H14ClN3OS. The van der Waals surface area contributed by atoms with Crippen LogP contribution in [0.5, 0.6) is 0 Å². The highest BCUT2D eigenvalue weighted by Crippen LogP contribution is 2.20. The van der Waals surface area contributed by atoms with E-state index in [2.05, 4.69) is 22.4 Å². The lowest BCUT2D eigenvalue weighted by Crippen LogP contribution is -2.04. The van der Waals surface area contributed by atoms with Crippen molar-refractivity contribution in [3.8, 4) is 5.69 Å². The molecule has 0 saturated carbocycles. The van der Waals surface area contributed by atoms with E-state index < -0.39 is 0 Å². The monoisotopic (exact) mass is 283 g/mol. The zero-order valence-electron chi connectivity index (χ0n) is 10.3. The summed E-state index contributed by atoms with van der Waals surface area (Å²) >= 11 is 7.54. The molecule has 1 heterocycles. The Balaban J connectivity index is 2.45. The second kappa shape index (κ2) is 6.22. The fourth-order valence-electron chi connectivity index (χ4n) is 1.67. The van der Waals surface area contributed by atoms with Crippen LogP contribution in [0.4, 0.5) is 0 Å². The molecule has 96 valence electrons. The third-order valence-corrected chi connectivity index (χ3v) is 3.53. The SMILES string of the molecule is COCc1c(CCl)nnn1-c1cccc(SC)c1. The fourth-order valence-corrected chi connectivity index (χ4v) is 2.33. The van der Waals surface area contributed by atoms with Gasteiger partial charge in [-0.1, -0.05) is 11.3 Å². The molecule has 4 nitrogen and oxygen atoms in total. The summed E-state index contributed by atoms with van der Waals surface area (Å²) in [6.45, 7) is 0.443. The minimum Gasteiger partial charge on any atom is -0.378 e. The van der Waals surface area contributed by atoms with Gasteiger partial charge >= 0.3 is 0 Å².